The first-order chi connectivity index (χ1) is 9.06. The molecule has 5 nitrogen and oxygen atoms in total. The molecule has 0 saturated heterocycles. The summed E-state index contributed by atoms with van der Waals surface area (Å²) in [7, 11) is 1.95. The van der Waals surface area contributed by atoms with E-state index in [1.807, 2.05) is 29.9 Å². The van der Waals surface area contributed by atoms with E-state index in [-0.39, 0.29) is 0 Å². The lowest BCUT2D eigenvalue weighted by Gasteiger charge is -2.11. The van der Waals surface area contributed by atoms with E-state index in [2.05, 4.69) is 23.8 Å². The van der Waals surface area contributed by atoms with Gasteiger partial charge < -0.3 is 15.0 Å². The Kier molecular flexibility index (Phi) is 4.31. The molecule has 0 saturated carbocycles. The van der Waals surface area contributed by atoms with Crippen molar-refractivity contribution in [2.24, 2.45) is 13.0 Å². The molecule has 2 aromatic heterocycles. The van der Waals surface area contributed by atoms with E-state index < -0.39 is 0 Å². The predicted molar refractivity (Wildman–Crippen MR) is 76.3 cm³/mol. The monoisotopic (exact) mass is 278 g/mol. The van der Waals surface area contributed by atoms with Crippen LogP contribution < -0.4 is 10.5 Å². The Balaban J connectivity index is 2.14. The van der Waals surface area contributed by atoms with E-state index in [4.69, 9.17) is 10.5 Å². The van der Waals surface area contributed by atoms with Crippen molar-refractivity contribution < 1.29 is 4.74 Å². The van der Waals surface area contributed by atoms with E-state index in [1.54, 1.807) is 6.20 Å². The SMILES string of the molecule is CC(C)COc1nc(Sc2nccn2C)ccc1N. The number of hydrogen-bond acceptors (Lipinski definition) is 5. The van der Waals surface area contributed by atoms with Crippen LogP contribution in [0.1, 0.15) is 13.8 Å². The average molecular weight is 278 g/mol. The van der Waals surface area contributed by atoms with Gasteiger partial charge in [0.1, 0.15) is 5.03 Å². The number of aryl methyl sites for hydroxylation is 1. The summed E-state index contributed by atoms with van der Waals surface area (Å²) in [6.45, 7) is 4.78. The van der Waals surface area contributed by atoms with Crippen molar-refractivity contribution in [3.05, 3.63) is 24.5 Å². The Morgan fingerprint density at radius 1 is 1.42 bits per heavy atom. The van der Waals surface area contributed by atoms with Crippen molar-refractivity contribution in [3.8, 4) is 5.88 Å². The van der Waals surface area contributed by atoms with Gasteiger partial charge in [0.15, 0.2) is 5.16 Å². The molecule has 0 radical (unpaired) electrons. The lowest BCUT2D eigenvalue weighted by molar-refractivity contribution is 0.261. The van der Waals surface area contributed by atoms with Crippen LogP contribution in [0.2, 0.25) is 0 Å². The van der Waals surface area contributed by atoms with E-state index in [1.165, 1.54) is 11.8 Å². The first-order valence-electron chi connectivity index (χ1n) is 6.10. The number of anilines is 1. The summed E-state index contributed by atoms with van der Waals surface area (Å²) in [6.07, 6.45) is 3.66. The number of imidazole rings is 1. The van der Waals surface area contributed by atoms with Gasteiger partial charge in [-0.3, -0.25) is 0 Å². The van der Waals surface area contributed by atoms with Crippen LogP contribution in [0.15, 0.2) is 34.7 Å². The Bertz CT molecular complexity index is 553. The third-order valence-corrected chi connectivity index (χ3v) is 3.40. The quantitative estimate of drug-likeness (QED) is 0.910. The highest BCUT2D eigenvalue weighted by Crippen LogP contribution is 2.28. The standard InChI is InChI=1S/C13H18N4OS/c1-9(2)8-18-12-10(14)4-5-11(16-12)19-13-15-6-7-17(13)3/h4-7,9H,8,14H2,1-3H3. The van der Waals surface area contributed by atoms with Gasteiger partial charge >= 0.3 is 0 Å². The Morgan fingerprint density at radius 2 is 2.21 bits per heavy atom. The Morgan fingerprint density at radius 3 is 2.84 bits per heavy atom. The first-order valence-corrected chi connectivity index (χ1v) is 6.92. The molecule has 0 aliphatic rings. The number of nitrogen functional groups attached to an aromatic ring is 1. The van der Waals surface area contributed by atoms with Gasteiger partial charge in [0, 0.05) is 19.4 Å². The largest absolute Gasteiger partial charge is 0.476 e. The molecule has 102 valence electrons. The summed E-state index contributed by atoms with van der Waals surface area (Å²) >= 11 is 1.48. The van der Waals surface area contributed by atoms with Gasteiger partial charge in [-0.05, 0) is 29.8 Å². The van der Waals surface area contributed by atoms with Crippen molar-refractivity contribution in [3.63, 3.8) is 0 Å². The van der Waals surface area contributed by atoms with Gasteiger partial charge in [0.05, 0.1) is 12.3 Å². The maximum atomic E-state index is 5.86. The van der Waals surface area contributed by atoms with Crippen LogP contribution in [-0.2, 0) is 7.05 Å². The molecule has 0 bridgehead atoms. The number of ether oxygens (including phenoxy) is 1. The van der Waals surface area contributed by atoms with Crippen molar-refractivity contribution in [1.29, 1.82) is 0 Å². The van der Waals surface area contributed by atoms with Crippen LogP contribution in [0, 0.1) is 5.92 Å². The maximum Gasteiger partial charge on any atom is 0.238 e. The van der Waals surface area contributed by atoms with Gasteiger partial charge in [-0.1, -0.05) is 13.8 Å². The fourth-order valence-corrected chi connectivity index (χ4v) is 2.17. The molecule has 2 N–H and O–H groups in total. The van der Waals surface area contributed by atoms with Crippen LogP contribution in [-0.4, -0.2) is 21.1 Å². The minimum absolute atomic E-state index is 0.437. The van der Waals surface area contributed by atoms with E-state index in [0.717, 1.165) is 10.2 Å². The molecule has 0 spiro atoms. The fourth-order valence-electron chi connectivity index (χ4n) is 1.40. The first kappa shape index (κ1) is 13.7. The van der Waals surface area contributed by atoms with Crippen LogP contribution in [0.4, 0.5) is 5.69 Å². The Hall–Kier alpha value is -1.69. The van der Waals surface area contributed by atoms with Crippen LogP contribution in [0.25, 0.3) is 0 Å². The maximum absolute atomic E-state index is 5.86. The number of pyridine rings is 1. The molecule has 19 heavy (non-hydrogen) atoms. The summed E-state index contributed by atoms with van der Waals surface area (Å²) in [5.74, 6) is 0.931. The zero-order valence-corrected chi connectivity index (χ0v) is 12.1. The third kappa shape index (κ3) is 3.64. The predicted octanol–water partition coefficient (Wildman–Crippen LogP) is 2.58. The van der Waals surface area contributed by atoms with Gasteiger partial charge in [-0.2, -0.15) is 0 Å². The summed E-state index contributed by atoms with van der Waals surface area (Å²) in [5.41, 5.74) is 6.42. The van der Waals surface area contributed by atoms with Gasteiger partial charge in [-0.15, -0.1) is 0 Å². The van der Waals surface area contributed by atoms with Gasteiger partial charge in [0.2, 0.25) is 5.88 Å². The van der Waals surface area contributed by atoms with Crippen molar-refractivity contribution in [2.75, 3.05) is 12.3 Å². The van der Waals surface area contributed by atoms with Crippen LogP contribution in [0.3, 0.4) is 0 Å². The smallest absolute Gasteiger partial charge is 0.238 e. The number of hydrogen-bond donors (Lipinski definition) is 1. The molecule has 6 heteroatoms. The Labute approximate surface area is 117 Å². The van der Waals surface area contributed by atoms with Crippen LogP contribution in [0.5, 0.6) is 5.88 Å². The number of nitrogens with two attached hydrogens (primary N) is 1. The number of aromatic nitrogens is 3. The second-order valence-electron chi connectivity index (χ2n) is 4.67. The van der Waals surface area contributed by atoms with Crippen molar-refractivity contribution in [2.45, 2.75) is 24.0 Å². The summed E-state index contributed by atoms with van der Waals surface area (Å²) < 4.78 is 7.55. The molecule has 0 atom stereocenters. The molecule has 0 aromatic carbocycles. The third-order valence-electron chi connectivity index (χ3n) is 2.39. The second-order valence-corrected chi connectivity index (χ2v) is 5.66. The van der Waals surface area contributed by atoms with Crippen molar-refractivity contribution in [1.82, 2.24) is 14.5 Å². The molecule has 0 amide bonds. The summed E-state index contributed by atoms with van der Waals surface area (Å²) in [5, 5.41) is 1.70. The number of nitrogens with zero attached hydrogens (tertiary/aromatic N) is 3. The molecule has 0 fully saturated rings. The van der Waals surface area contributed by atoms with Gasteiger partial charge in [-0.25, -0.2) is 9.97 Å². The lowest BCUT2D eigenvalue weighted by atomic mass is 10.2. The normalized spacial score (nSPS) is 10.9. The molecule has 0 unspecified atom stereocenters. The second kappa shape index (κ2) is 5.97. The number of rotatable bonds is 5. The minimum atomic E-state index is 0.437. The zero-order chi connectivity index (χ0) is 13.8. The topological polar surface area (TPSA) is 66.0 Å². The minimum Gasteiger partial charge on any atom is -0.476 e. The lowest BCUT2D eigenvalue weighted by Crippen LogP contribution is -2.07. The van der Waals surface area contributed by atoms with Gasteiger partial charge in [0.25, 0.3) is 0 Å². The van der Waals surface area contributed by atoms with E-state index >= 15 is 0 Å². The molecule has 2 rings (SSSR count). The molecule has 2 aromatic rings. The van der Waals surface area contributed by atoms with Crippen molar-refractivity contribution >= 4 is 17.4 Å². The summed E-state index contributed by atoms with van der Waals surface area (Å²) in [4.78, 5) is 8.67. The average Bonchev–Trinajstić information content (AvgIpc) is 2.75. The van der Waals surface area contributed by atoms with E-state index in [0.29, 0.717) is 24.1 Å². The molecular weight excluding hydrogens is 260 g/mol. The molecule has 0 aliphatic carbocycles. The van der Waals surface area contributed by atoms with E-state index in [9.17, 15) is 0 Å². The van der Waals surface area contributed by atoms with Crippen LogP contribution >= 0.6 is 11.8 Å². The zero-order valence-electron chi connectivity index (χ0n) is 11.3. The molecular formula is C13H18N4OS. The highest BCUT2D eigenvalue weighted by atomic mass is 32.2. The summed E-state index contributed by atoms with van der Waals surface area (Å²) in [6, 6.07) is 3.69. The fraction of sp³-hybridized carbons (Fsp3) is 0.385. The molecule has 0 aliphatic heterocycles. The highest BCUT2D eigenvalue weighted by molar-refractivity contribution is 7.99. The molecule has 2 heterocycles. The highest BCUT2D eigenvalue weighted by Gasteiger charge is 2.09.